The van der Waals surface area contributed by atoms with Crippen LogP contribution in [-0.2, 0) is 0 Å². The van der Waals surface area contributed by atoms with Gasteiger partial charge in [-0.25, -0.2) is 4.98 Å². The van der Waals surface area contributed by atoms with Crippen LogP contribution in [0.4, 0.5) is 25.8 Å². The van der Waals surface area contributed by atoms with Crippen molar-refractivity contribution in [2.45, 2.75) is 6.61 Å². The predicted molar refractivity (Wildman–Crippen MR) is 94.2 cm³/mol. The molecule has 0 fully saturated rings. The molecule has 0 saturated carbocycles. The smallest absolute Gasteiger partial charge is 0.387 e. The monoisotopic (exact) mass is 370 g/mol. The number of nitro groups is 1. The fraction of sp³-hybridized carbons (Fsp3) is 0.111. The van der Waals surface area contributed by atoms with Crippen LogP contribution in [0.2, 0.25) is 0 Å². The summed E-state index contributed by atoms with van der Waals surface area (Å²) in [7, 11) is 1.65. The van der Waals surface area contributed by atoms with Gasteiger partial charge in [0.05, 0.1) is 16.1 Å². The molecule has 1 aromatic heterocycles. The molecular formula is C18H12F2N4O3. The molecular weight excluding hydrogens is 358 g/mol. The molecule has 3 aromatic rings. The van der Waals surface area contributed by atoms with E-state index in [0.29, 0.717) is 16.9 Å². The minimum atomic E-state index is -3.17. The van der Waals surface area contributed by atoms with Gasteiger partial charge in [-0.1, -0.05) is 18.2 Å². The van der Waals surface area contributed by atoms with Crippen LogP contribution < -0.4 is 9.64 Å². The van der Waals surface area contributed by atoms with Crippen LogP contribution >= 0.6 is 0 Å². The van der Waals surface area contributed by atoms with Crippen molar-refractivity contribution in [3.63, 3.8) is 0 Å². The Kier molecular flexibility index (Phi) is 4.81. The molecule has 0 aliphatic heterocycles. The fourth-order valence-corrected chi connectivity index (χ4v) is 2.68. The van der Waals surface area contributed by atoms with Gasteiger partial charge < -0.3 is 9.64 Å². The van der Waals surface area contributed by atoms with E-state index in [4.69, 9.17) is 0 Å². The molecule has 0 atom stereocenters. The van der Waals surface area contributed by atoms with Crippen molar-refractivity contribution in [3.8, 4) is 11.8 Å². The van der Waals surface area contributed by atoms with E-state index < -0.39 is 23.0 Å². The number of hydrogen-bond acceptors (Lipinski definition) is 6. The molecule has 0 amide bonds. The van der Waals surface area contributed by atoms with Gasteiger partial charge in [-0.2, -0.15) is 14.0 Å². The minimum absolute atomic E-state index is 0.183. The molecule has 0 spiro atoms. The molecule has 136 valence electrons. The molecule has 2 aromatic carbocycles. The highest BCUT2D eigenvalue weighted by atomic mass is 19.3. The molecule has 0 N–H and O–H groups in total. The maximum absolute atomic E-state index is 12.5. The Bertz CT molecular complexity index is 1070. The van der Waals surface area contributed by atoms with E-state index in [1.807, 2.05) is 6.07 Å². The Morgan fingerprint density at radius 3 is 2.67 bits per heavy atom. The highest BCUT2D eigenvalue weighted by Crippen LogP contribution is 2.36. The lowest BCUT2D eigenvalue weighted by molar-refractivity contribution is -0.386. The lowest BCUT2D eigenvalue weighted by Gasteiger charge is -2.21. The molecule has 1 heterocycles. The number of ether oxygens (including phenoxy) is 1. The van der Waals surface area contributed by atoms with Gasteiger partial charge in [0.25, 0.3) is 0 Å². The summed E-state index contributed by atoms with van der Waals surface area (Å²) in [5.74, 6) is -0.524. The summed E-state index contributed by atoms with van der Waals surface area (Å²) in [5.41, 5.74) is 1.14. The lowest BCUT2D eigenvalue weighted by Crippen LogP contribution is -2.12. The fourth-order valence-electron chi connectivity index (χ4n) is 2.68. The standard InChI is InChI=1S/C18H12F2N4O3/c1-23(12-6-7-17(27-18(19)20)16(9-12)24(25)26)15-8-11(10-21)22-14-5-3-2-4-13(14)15/h2-9,18H,1H3. The maximum Gasteiger partial charge on any atom is 0.387 e. The molecule has 3 rings (SSSR count). The Morgan fingerprint density at radius 1 is 1.26 bits per heavy atom. The number of benzene rings is 2. The molecule has 0 aliphatic rings. The Labute approximate surface area is 152 Å². The van der Waals surface area contributed by atoms with E-state index in [2.05, 4.69) is 9.72 Å². The van der Waals surface area contributed by atoms with Crippen molar-refractivity contribution < 1.29 is 18.4 Å². The Hall–Kier alpha value is -3.80. The van der Waals surface area contributed by atoms with E-state index in [9.17, 15) is 24.2 Å². The molecule has 9 heteroatoms. The summed E-state index contributed by atoms with van der Waals surface area (Å²) in [4.78, 5) is 16.3. The molecule has 27 heavy (non-hydrogen) atoms. The first-order valence-electron chi connectivity index (χ1n) is 7.67. The van der Waals surface area contributed by atoms with E-state index in [1.165, 1.54) is 6.07 Å². The van der Waals surface area contributed by atoms with E-state index in [0.717, 1.165) is 17.5 Å². The van der Waals surface area contributed by atoms with Crippen molar-refractivity contribution in [2.75, 3.05) is 11.9 Å². The molecule has 0 radical (unpaired) electrons. The number of alkyl halides is 2. The molecule has 0 aliphatic carbocycles. The normalized spacial score (nSPS) is 10.6. The van der Waals surface area contributed by atoms with Crippen molar-refractivity contribution in [1.82, 2.24) is 4.98 Å². The number of anilines is 2. The summed E-state index contributed by atoms with van der Waals surface area (Å²) >= 11 is 0. The second kappa shape index (κ2) is 7.21. The number of aromatic nitrogens is 1. The Morgan fingerprint density at radius 2 is 2.00 bits per heavy atom. The lowest BCUT2D eigenvalue weighted by atomic mass is 10.1. The molecule has 0 saturated heterocycles. The second-order valence-electron chi connectivity index (χ2n) is 5.50. The van der Waals surface area contributed by atoms with Crippen molar-refractivity contribution in [1.29, 1.82) is 5.26 Å². The van der Waals surface area contributed by atoms with Crippen molar-refractivity contribution in [2.24, 2.45) is 0 Å². The number of fused-ring (bicyclic) bond motifs is 1. The number of pyridine rings is 1. The zero-order chi connectivity index (χ0) is 19.6. The van der Waals surface area contributed by atoms with Gasteiger partial charge in [-0.05, 0) is 24.3 Å². The van der Waals surface area contributed by atoms with Crippen LogP contribution in [0.5, 0.6) is 5.75 Å². The van der Waals surface area contributed by atoms with Crippen LogP contribution in [-0.4, -0.2) is 23.6 Å². The number of nitrogens with zero attached hydrogens (tertiary/aromatic N) is 4. The first kappa shape index (κ1) is 18.0. The zero-order valence-corrected chi connectivity index (χ0v) is 14.0. The van der Waals surface area contributed by atoms with Gasteiger partial charge in [-0.15, -0.1) is 0 Å². The third-order valence-electron chi connectivity index (χ3n) is 3.91. The van der Waals surface area contributed by atoms with Gasteiger partial charge in [-0.3, -0.25) is 10.1 Å². The number of halogens is 2. The molecule has 0 bridgehead atoms. The van der Waals surface area contributed by atoms with Gasteiger partial charge in [0.1, 0.15) is 11.8 Å². The number of nitriles is 1. The zero-order valence-electron chi connectivity index (χ0n) is 14.0. The highest BCUT2D eigenvalue weighted by Gasteiger charge is 2.21. The third kappa shape index (κ3) is 3.59. The average molecular weight is 370 g/mol. The van der Waals surface area contributed by atoms with E-state index in [1.54, 1.807) is 42.3 Å². The van der Waals surface area contributed by atoms with Crippen molar-refractivity contribution >= 4 is 28.0 Å². The van der Waals surface area contributed by atoms with E-state index in [-0.39, 0.29) is 5.69 Å². The molecule has 0 unspecified atom stereocenters. The van der Waals surface area contributed by atoms with Gasteiger partial charge in [0.15, 0.2) is 0 Å². The van der Waals surface area contributed by atoms with Gasteiger partial charge >= 0.3 is 12.3 Å². The van der Waals surface area contributed by atoms with Crippen LogP contribution in [0.3, 0.4) is 0 Å². The highest BCUT2D eigenvalue weighted by molar-refractivity contribution is 5.94. The summed E-state index contributed by atoms with van der Waals surface area (Å²) in [5, 5.41) is 21.2. The Balaban J connectivity index is 2.12. The van der Waals surface area contributed by atoms with Crippen LogP contribution in [0, 0.1) is 21.4 Å². The number of para-hydroxylation sites is 1. The summed E-state index contributed by atoms with van der Waals surface area (Å²) in [6.45, 7) is -3.17. The van der Waals surface area contributed by atoms with Crippen molar-refractivity contribution in [3.05, 3.63) is 64.3 Å². The first-order valence-corrected chi connectivity index (χ1v) is 7.67. The van der Waals surface area contributed by atoms with Crippen LogP contribution in [0.25, 0.3) is 10.9 Å². The first-order chi connectivity index (χ1) is 12.9. The second-order valence-corrected chi connectivity index (χ2v) is 5.50. The van der Waals surface area contributed by atoms with Crippen LogP contribution in [0.15, 0.2) is 48.5 Å². The number of hydrogen-bond donors (Lipinski definition) is 0. The molecule has 7 nitrogen and oxygen atoms in total. The number of nitro benzene ring substituents is 1. The minimum Gasteiger partial charge on any atom is -0.427 e. The topological polar surface area (TPSA) is 92.3 Å². The number of rotatable bonds is 5. The van der Waals surface area contributed by atoms with Gasteiger partial charge in [0.2, 0.25) is 5.75 Å². The largest absolute Gasteiger partial charge is 0.427 e. The summed E-state index contributed by atoms with van der Waals surface area (Å²) in [6.07, 6.45) is 0. The maximum atomic E-state index is 12.5. The summed E-state index contributed by atoms with van der Waals surface area (Å²) < 4.78 is 29.1. The van der Waals surface area contributed by atoms with Gasteiger partial charge in [0, 0.05) is 24.2 Å². The third-order valence-corrected chi connectivity index (χ3v) is 3.91. The summed E-state index contributed by atoms with van der Waals surface area (Å²) in [6, 6.07) is 14.3. The van der Waals surface area contributed by atoms with Crippen LogP contribution in [0.1, 0.15) is 5.69 Å². The average Bonchev–Trinajstić information content (AvgIpc) is 2.66. The quantitative estimate of drug-likeness (QED) is 0.489. The predicted octanol–water partition coefficient (Wildman–Crippen LogP) is 4.38. The van der Waals surface area contributed by atoms with E-state index >= 15 is 0 Å². The SMILES string of the molecule is CN(c1ccc(OC(F)F)c([N+](=O)[O-])c1)c1cc(C#N)nc2ccccc12.